The molecule has 0 aromatic heterocycles. The lowest BCUT2D eigenvalue weighted by molar-refractivity contribution is -0.141. The Hall–Kier alpha value is -2.61. The number of hydrogen-bond acceptors (Lipinski definition) is 6. The summed E-state index contributed by atoms with van der Waals surface area (Å²) < 4.78 is 10.6. The summed E-state index contributed by atoms with van der Waals surface area (Å²) in [5, 5.41) is 2.81. The van der Waals surface area contributed by atoms with Crippen LogP contribution in [0.3, 0.4) is 0 Å². The molecular formula is C20H27N3O5. The van der Waals surface area contributed by atoms with E-state index in [0.717, 1.165) is 0 Å². The fourth-order valence-electron chi connectivity index (χ4n) is 3.31. The van der Waals surface area contributed by atoms with Gasteiger partial charge in [-0.2, -0.15) is 0 Å². The summed E-state index contributed by atoms with van der Waals surface area (Å²) in [6, 6.07) is 3.22. The van der Waals surface area contributed by atoms with Gasteiger partial charge in [-0.25, -0.2) is 0 Å². The standard InChI is InChI=1S/C20H27N3O5/c1-13(24)14-9-16-17(28-12-27-16)10-15(14)21-18(25)11-22-5-7-23(8-6-22)19(26)20(2,3)4/h9-10H,5-8,11-12H2,1-4H3,(H,21,25). The van der Waals surface area contributed by atoms with E-state index >= 15 is 0 Å². The van der Waals surface area contributed by atoms with Gasteiger partial charge in [-0.1, -0.05) is 20.8 Å². The van der Waals surface area contributed by atoms with Crippen molar-refractivity contribution < 1.29 is 23.9 Å². The van der Waals surface area contributed by atoms with Gasteiger partial charge >= 0.3 is 0 Å². The van der Waals surface area contributed by atoms with E-state index in [1.54, 1.807) is 12.1 Å². The van der Waals surface area contributed by atoms with E-state index in [4.69, 9.17) is 9.47 Å². The van der Waals surface area contributed by atoms with E-state index in [1.165, 1.54) is 6.92 Å². The molecule has 152 valence electrons. The smallest absolute Gasteiger partial charge is 0.238 e. The number of piperazine rings is 1. The minimum absolute atomic E-state index is 0.0989. The summed E-state index contributed by atoms with van der Waals surface area (Å²) in [6.45, 7) is 9.95. The molecule has 1 aromatic rings. The molecule has 0 spiro atoms. The second-order valence-corrected chi connectivity index (χ2v) is 8.17. The third-order valence-electron chi connectivity index (χ3n) is 4.83. The van der Waals surface area contributed by atoms with Crippen LogP contribution < -0.4 is 14.8 Å². The van der Waals surface area contributed by atoms with E-state index in [-0.39, 0.29) is 30.9 Å². The Morgan fingerprint density at radius 1 is 1.04 bits per heavy atom. The molecule has 8 nitrogen and oxygen atoms in total. The predicted octanol–water partition coefficient (Wildman–Crippen LogP) is 1.75. The molecule has 0 atom stereocenters. The molecule has 2 aliphatic heterocycles. The number of fused-ring (bicyclic) bond motifs is 1. The lowest BCUT2D eigenvalue weighted by Crippen LogP contribution is -2.52. The first-order valence-electron chi connectivity index (χ1n) is 9.41. The van der Waals surface area contributed by atoms with Gasteiger partial charge in [-0.05, 0) is 13.0 Å². The van der Waals surface area contributed by atoms with Crippen LogP contribution in [0.4, 0.5) is 5.69 Å². The zero-order valence-electron chi connectivity index (χ0n) is 16.8. The van der Waals surface area contributed by atoms with E-state index in [1.807, 2.05) is 30.6 Å². The average molecular weight is 389 g/mol. The molecule has 0 saturated carbocycles. The highest BCUT2D eigenvalue weighted by Gasteiger charge is 2.30. The summed E-state index contributed by atoms with van der Waals surface area (Å²) in [5.41, 5.74) is 0.406. The van der Waals surface area contributed by atoms with Crippen molar-refractivity contribution in [3.8, 4) is 11.5 Å². The number of nitrogens with one attached hydrogen (secondary N) is 1. The van der Waals surface area contributed by atoms with Crippen LogP contribution in [0.2, 0.25) is 0 Å². The van der Waals surface area contributed by atoms with Crippen molar-refractivity contribution in [3.05, 3.63) is 17.7 Å². The third-order valence-corrected chi connectivity index (χ3v) is 4.83. The first-order chi connectivity index (χ1) is 13.1. The highest BCUT2D eigenvalue weighted by atomic mass is 16.7. The van der Waals surface area contributed by atoms with Crippen molar-refractivity contribution >= 4 is 23.3 Å². The van der Waals surface area contributed by atoms with Crippen molar-refractivity contribution in [3.63, 3.8) is 0 Å². The van der Waals surface area contributed by atoms with Crippen LogP contribution >= 0.6 is 0 Å². The van der Waals surface area contributed by atoms with Crippen LogP contribution in [0.15, 0.2) is 12.1 Å². The van der Waals surface area contributed by atoms with Crippen LogP contribution in [0.25, 0.3) is 0 Å². The van der Waals surface area contributed by atoms with Crippen LogP contribution in [0, 0.1) is 5.41 Å². The second kappa shape index (κ2) is 7.79. The molecule has 0 unspecified atom stereocenters. The summed E-state index contributed by atoms with van der Waals surface area (Å²) in [6.07, 6.45) is 0. The van der Waals surface area contributed by atoms with E-state index in [2.05, 4.69) is 5.32 Å². The van der Waals surface area contributed by atoms with Gasteiger partial charge in [0.25, 0.3) is 0 Å². The number of Topliss-reactive ketones (excluding diaryl/α,β-unsaturated/α-hetero) is 1. The fraction of sp³-hybridized carbons (Fsp3) is 0.550. The molecule has 2 aliphatic rings. The normalized spacial score (nSPS) is 16.8. The highest BCUT2D eigenvalue weighted by Crippen LogP contribution is 2.37. The number of hydrogen-bond donors (Lipinski definition) is 1. The number of amides is 2. The van der Waals surface area contributed by atoms with Crippen molar-refractivity contribution in [1.82, 2.24) is 9.80 Å². The Bertz CT molecular complexity index is 792. The summed E-state index contributed by atoms with van der Waals surface area (Å²) in [4.78, 5) is 40.6. The molecule has 0 radical (unpaired) electrons. The lowest BCUT2D eigenvalue weighted by Gasteiger charge is -2.37. The number of rotatable bonds is 4. The topological polar surface area (TPSA) is 88.2 Å². The SMILES string of the molecule is CC(=O)c1cc2c(cc1NC(=O)CN1CCN(C(=O)C(C)(C)C)CC1)OCO2. The molecule has 2 heterocycles. The predicted molar refractivity (Wildman–Crippen MR) is 104 cm³/mol. The maximum atomic E-state index is 12.5. The van der Waals surface area contributed by atoms with Crippen molar-refractivity contribution in [2.75, 3.05) is 44.8 Å². The van der Waals surface area contributed by atoms with E-state index in [9.17, 15) is 14.4 Å². The van der Waals surface area contributed by atoms with Crippen LogP contribution in [-0.4, -0.2) is 66.9 Å². The third kappa shape index (κ3) is 4.44. The minimum atomic E-state index is -0.401. The molecule has 1 N–H and O–H groups in total. The Morgan fingerprint density at radius 3 is 2.21 bits per heavy atom. The van der Waals surface area contributed by atoms with Gasteiger partial charge in [-0.3, -0.25) is 19.3 Å². The molecule has 0 aliphatic carbocycles. The Balaban J connectivity index is 1.59. The van der Waals surface area contributed by atoms with Gasteiger partial charge in [-0.15, -0.1) is 0 Å². The molecule has 2 amide bonds. The van der Waals surface area contributed by atoms with Gasteiger partial charge in [0.1, 0.15) is 0 Å². The molecule has 8 heteroatoms. The Labute approximate surface area is 164 Å². The quantitative estimate of drug-likeness (QED) is 0.790. The van der Waals surface area contributed by atoms with Crippen molar-refractivity contribution in [2.45, 2.75) is 27.7 Å². The first-order valence-corrected chi connectivity index (χ1v) is 9.41. The Morgan fingerprint density at radius 2 is 1.64 bits per heavy atom. The monoisotopic (exact) mass is 389 g/mol. The second-order valence-electron chi connectivity index (χ2n) is 8.17. The number of ketones is 1. The lowest BCUT2D eigenvalue weighted by atomic mass is 9.94. The zero-order chi connectivity index (χ0) is 20.5. The summed E-state index contributed by atoms with van der Waals surface area (Å²) in [7, 11) is 0. The highest BCUT2D eigenvalue weighted by molar-refractivity contribution is 6.05. The Kier molecular flexibility index (Phi) is 5.60. The molecule has 28 heavy (non-hydrogen) atoms. The molecule has 1 aromatic carbocycles. The van der Waals surface area contributed by atoms with Crippen LogP contribution in [-0.2, 0) is 9.59 Å². The molecule has 1 saturated heterocycles. The maximum Gasteiger partial charge on any atom is 0.238 e. The van der Waals surface area contributed by atoms with E-state index < -0.39 is 5.41 Å². The molecule has 0 bridgehead atoms. The maximum absolute atomic E-state index is 12.5. The average Bonchev–Trinajstić information content (AvgIpc) is 3.07. The number of ether oxygens (including phenoxy) is 2. The van der Waals surface area contributed by atoms with Gasteiger partial charge in [0.05, 0.1) is 12.2 Å². The van der Waals surface area contributed by atoms with Gasteiger partial charge < -0.3 is 19.7 Å². The summed E-state index contributed by atoms with van der Waals surface area (Å²) in [5.74, 6) is 0.764. The van der Waals surface area contributed by atoms with Crippen LogP contribution in [0.1, 0.15) is 38.1 Å². The van der Waals surface area contributed by atoms with Crippen molar-refractivity contribution in [1.29, 1.82) is 0 Å². The number of carbonyl (C=O) groups excluding carboxylic acids is 3. The fourth-order valence-corrected chi connectivity index (χ4v) is 3.31. The summed E-state index contributed by atoms with van der Waals surface area (Å²) >= 11 is 0. The molecular weight excluding hydrogens is 362 g/mol. The number of nitrogens with zero attached hydrogens (tertiary/aromatic N) is 2. The van der Waals surface area contributed by atoms with Gasteiger partial charge in [0.2, 0.25) is 18.6 Å². The van der Waals surface area contributed by atoms with E-state index in [0.29, 0.717) is 48.9 Å². The number of anilines is 1. The van der Waals surface area contributed by atoms with Crippen molar-refractivity contribution in [2.24, 2.45) is 5.41 Å². The van der Waals surface area contributed by atoms with Crippen LogP contribution in [0.5, 0.6) is 11.5 Å². The molecule has 3 rings (SSSR count). The first kappa shape index (κ1) is 20.1. The number of carbonyl (C=O) groups is 3. The largest absolute Gasteiger partial charge is 0.454 e. The molecule has 1 fully saturated rings. The zero-order valence-corrected chi connectivity index (χ0v) is 16.8. The van der Waals surface area contributed by atoms with Gasteiger partial charge in [0.15, 0.2) is 17.3 Å². The number of benzene rings is 1. The minimum Gasteiger partial charge on any atom is -0.454 e. The van der Waals surface area contributed by atoms with Gasteiger partial charge in [0, 0.05) is 43.2 Å².